The molecule has 2 heterocycles. The minimum atomic E-state index is 0.0598. The molecule has 0 aliphatic heterocycles. The molecule has 3 aromatic rings. The smallest absolute Gasteiger partial charge is 0.249 e. The van der Waals surface area contributed by atoms with E-state index in [1.807, 2.05) is 50.2 Å². The lowest BCUT2D eigenvalue weighted by Crippen LogP contribution is -2.32. The first-order chi connectivity index (χ1) is 15.6. The molecule has 32 heavy (non-hydrogen) atoms. The molecule has 4 rings (SSSR count). The van der Waals surface area contributed by atoms with Crippen LogP contribution in [0, 0.1) is 12.8 Å². The quantitative estimate of drug-likeness (QED) is 0.562. The Balaban J connectivity index is 1.21. The highest BCUT2D eigenvalue weighted by molar-refractivity contribution is 5.78. The second-order valence-corrected chi connectivity index (χ2v) is 8.41. The molecule has 1 aliphatic carbocycles. The molecule has 1 aliphatic rings. The van der Waals surface area contributed by atoms with E-state index in [2.05, 4.69) is 20.5 Å². The fourth-order valence-corrected chi connectivity index (χ4v) is 4.10. The number of pyridine rings is 1. The third-order valence-electron chi connectivity index (χ3n) is 5.98. The van der Waals surface area contributed by atoms with Crippen molar-refractivity contribution in [1.29, 1.82) is 0 Å². The second kappa shape index (κ2) is 10.4. The van der Waals surface area contributed by atoms with Crippen LogP contribution in [0.25, 0.3) is 11.5 Å². The van der Waals surface area contributed by atoms with Crippen molar-refractivity contribution in [2.45, 2.75) is 51.9 Å². The average molecular weight is 435 g/mol. The Hall–Kier alpha value is -3.22. The average Bonchev–Trinajstić information content (AvgIpc) is 3.30. The van der Waals surface area contributed by atoms with Crippen molar-refractivity contribution < 1.29 is 13.9 Å². The van der Waals surface area contributed by atoms with Crippen molar-refractivity contribution in [3.05, 3.63) is 59.7 Å². The van der Waals surface area contributed by atoms with Gasteiger partial charge in [-0.2, -0.15) is 0 Å². The van der Waals surface area contributed by atoms with Crippen LogP contribution in [0.5, 0.6) is 5.75 Å². The molecule has 0 spiro atoms. The van der Waals surface area contributed by atoms with Crippen molar-refractivity contribution in [3.8, 4) is 17.2 Å². The van der Waals surface area contributed by atoms with Crippen molar-refractivity contribution in [2.75, 3.05) is 13.2 Å². The summed E-state index contributed by atoms with van der Waals surface area (Å²) in [5.41, 5.74) is 2.79. The molecular formula is C25H30N4O3. The zero-order valence-corrected chi connectivity index (χ0v) is 18.7. The molecule has 168 valence electrons. The van der Waals surface area contributed by atoms with Crippen molar-refractivity contribution in [1.82, 2.24) is 20.5 Å². The molecule has 2 aromatic heterocycles. The van der Waals surface area contributed by atoms with Crippen LogP contribution in [0.15, 0.2) is 47.0 Å². The van der Waals surface area contributed by atoms with Gasteiger partial charge in [0.15, 0.2) is 0 Å². The van der Waals surface area contributed by atoms with E-state index >= 15 is 0 Å². The molecule has 0 bridgehead atoms. The number of rotatable bonds is 8. The lowest BCUT2D eigenvalue weighted by molar-refractivity contribution is -0.120. The summed E-state index contributed by atoms with van der Waals surface area (Å²) in [5.74, 6) is 2.89. The Morgan fingerprint density at radius 1 is 1.09 bits per heavy atom. The Labute approximate surface area is 188 Å². The van der Waals surface area contributed by atoms with E-state index < -0.39 is 0 Å². The van der Waals surface area contributed by atoms with Gasteiger partial charge in [0.05, 0.1) is 18.6 Å². The van der Waals surface area contributed by atoms with Crippen LogP contribution < -0.4 is 10.1 Å². The molecule has 1 aromatic carbocycles. The van der Waals surface area contributed by atoms with Crippen LogP contribution in [0.2, 0.25) is 0 Å². The Morgan fingerprint density at radius 3 is 2.56 bits per heavy atom. The molecule has 1 amide bonds. The number of hydrogen-bond acceptors (Lipinski definition) is 6. The van der Waals surface area contributed by atoms with Gasteiger partial charge in [-0.3, -0.25) is 9.78 Å². The minimum Gasteiger partial charge on any atom is -0.494 e. The normalized spacial score (nSPS) is 18.3. The SMILES string of the molecule is CCOc1ccc(CC(=O)NCC2CCC(c3nnc(-c4ccc(C)nc4)o3)CC2)cc1. The standard InChI is InChI=1S/C25H30N4O3/c1-3-31-22-12-7-18(8-13-22)14-23(30)27-15-19-5-10-20(11-6-19)24-28-29-25(32-24)21-9-4-17(2)26-16-21/h4,7-9,12-13,16,19-20H,3,5-6,10-11,14-15H2,1-2H3,(H,27,30). The predicted octanol–water partition coefficient (Wildman–Crippen LogP) is 4.47. The molecule has 1 fully saturated rings. The number of ether oxygens (including phenoxy) is 1. The number of hydrogen-bond donors (Lipinski definition) is 1. The van der Waals surface area contributed by atoms with Crippen molar-refractivity contribution in [3.63, 3.8) is 0 Å². The summed E-state index contributed by atoms with van der Waals surface area (Å²) in [7, 11) is 0. The number of aromatic nitrogens is 3. The minimum absolute atomic E-state index is 0.0598. The van der Waals surface area contributed by atoms with E-state index in [4.69, 9.17) is 9.15 Å². The number of amides is 1. The van der Waals surface area contributed by atoms with Crippen LogP contribution in [-0.4, -0.2) is 34.2 Å². The summed E-state index contributed by atoms with van der Waals surface area (Å²) in [6.45, 7) is 5.26. The highest BCUT2D eigenvalue weighted by Gasteiger charge is 2.26. The molecular weight excluding hydrogens is 404 g/mol. The van der Waals surface area contributed by atoms with Gasteiger partial charge in [0.1, 0.15) is 5.75 Å². The third-order valence-corrected chi connectivity index (χ3v) is 5.98. The molecule has 7 nitrogen and oxygen atoms in total. The van der Waals surface area contributed by atoms with Gasteiger partial charge in [-0.05, 0) is 75.3 Å². The molecule has 0 radical (unpaired) electrons. The van der Waals surface area contributed by atoms with Crippen molar-refractivity contribution in [2.24, 2.45) is 5.92 Å². The van der Waals surface area contributed by atoms with Gasteiger partial charge >= 0.3 is 0 Å². The van der Waals surface area contributed by atoms with Crippen LogP contribution in [0.3, 0.4) is 0 Å². The van der Waals surface area contributed by atoms with E-state index in [0.29, 0.717) is 37.3 Å². The molecule has 7 heteroatoms. The monoisotopic (exact) mass is 434 g/mol. The molecule has 1 saturated carbocycles. The van der Waals surface area contributed by atoms with Crippen LogP contribution in [0.1, 0.15) is 55.7 Å². The van der Waals surface area contributed by atoms with E-state index in [1.54, 1.807) is 6.20 Å². The summed E-state index contributed by atoms with van der Waals surface area (Å²) < 4.78 is 11.4. The highest BCUT2D eigenvalue weighted by atomic mass is 16.5. The second-order valence-electron chi connectivity index (χ2n) is 8.41. The van der Waals surface area contributed by atoms with Gasteiger partial charge in [-0.15, -0.1) is 10.2 Å². The van der Waals surface area contributed by atoms with Crippen molar-refractivity contribution >= 4 is 5.91 Å². The number of nitrogens with one attached hydrogen (secondary N) is 1. The summed E-state index contributed by atoms with van der Waals surface area (Å²) in [5, 5.41) is 11.6. The number of carbonyl (C=O) groups is 1. The van der Waals surface area contributed by atoms with Gasteiger partial charge < -0.3 is 14.5 Å². The summed E-state index contributed by atoms with van der Waals surface area (Å²) in [6, 6.07) is 11.6. The maximum absolute atomic E-state index is 12.3. The zero-order chi connectivity index (χ0) is 22.3. The summed E-state index contributed by atoms with van der Waals surface area (Å²) in [6.07, 6.45) is 6.22. The number of aryl methyl sites for hydroxylation is 1. The van der Waals surface area contributed by atoms with Crippen LogP contribution in [-0.2, 0) is 11.2 Å². The molecule has 1 N–H and O–H groups in total. The Morgan fingerprint density at radius 2 is 1.88 bits per heavy atom. The highest BCUT2D eigenvalue weighted by Crippen LogP contribution is 2.35. The van der Waals surface area contributed by atoms with E-state index in [-0.39, 0.29) is 11.8 Å². The largest absolute Gasteiger partial charge is 0.494 e. The predicted molar refractivity (Wildman–Crippen MR) is 121 cm³/mol. The lowest BCUT2D eigenvalue weighted by Gasteiger charge is -2.26. The van der Waals surface area contributed by atoms with Gasteiger partial charge in [-0.25, -0.2) is 0 Å². The van der Waals surface area contributed by atoms with E-state index in [1.165, 1.54) is 0 Å². The number of carbonyl (C=O) groups excluding carboxylic acids is 1. The fourth-order valence-electron chi connectivity index (χ4n) is 4.10. The number of nitrogens with zero attached hydrogens (tertiary/aromatic N) is 3. The zero-order valence-electron chi connectivity index (χ0n) is 18.7. The topological polar surface area (TPSA) is 90.1 Å². The third kappa shape index (κ3) is 5.72. The molecule has 0 saturated heterocycles. The van der Waals surface area contributed by atoms with Crippen LogP contribution in [0.4, 0.5) is 0 Å². The maximum atomic E-state index is 12.3. The Kier molecular flexibility index (Phi) is 7.14. The maximum Gasteiger partial charge on any atom is 0.249 e. The van der Waals surface area contributed by atoms with Gasteiger partial charge in [0, 0.05) is 24.4 Å². The summed E-state index contributed by atoms with van der Waals surface area (Å²) >= 11 is 0. The van der Waals surface area contributed by atoms with Gasteiger partial charge in [0.2, 0.25) is 17.7 Å². The fraction of sp³-hybridized carbons (Fsp3) is 0.440. The molecule has 0 unspecified atom stereocenters. The van der Waals surface area contributed by atoms with Gasteiger partial charge in [-0.1, -0.05) is 12.1 Å². The van der Waals surface area contributed by atoms with E-state index in [0.717, 1.165) is 48.3 Å². The van der Waals surface area contributed by atoms with Gasteiger partial charge in [0.25, 0.3) is 0 Å². The Bertz CT molecular complexity index is 1010. The lowest BCUT2D eigenvalue weighted by atomic mass is 9.82. The number of benzene rings is 1. The molecule has 0 atom stereocenters. The summed E-state index contributed by atoms with van der Waals surface area (Å²) in [4.78, 5) is 16.6. The first kappa shape index (κ1) is 22.0. The van der Waals surface area contributed by atoms with E-state index in [9.17, 15) is 4.79 Å². The first-order valence-corrected chi connectivity index (χ1v) is 11.4. The first-order valence-electron chi connectivity index (χ1n) is 11.4. The van der Waals surface area contributed by atoms with Crippen LogP contribution >= 0.6 is 0 Å².